The molecule has 0 radical (unpaired) electrons. The summed E-state index contributed by atoms with van der Waals surface area (Å²) in [5.74, 6) is -1.35. The van der Waals surface area contributed by atoms with Crippen molar-refractivity contribution in [1.82, 2.24) is 4.90 Å². The van der Waals surface area contributed by atoms with E-state index in [0.29, 0.717) is 13.1 Å². The molecule has 1 aromatic carbocycles. The van der Waals surface area contributed by atoms with Gasteiger partial charge in [-0.1, -0.05) is 30.3 Å². The Kier molecular flexibility index (Phi) is 3.85. The molecule has 1 N–H and O–H groups in total. The van der Waals surface area contributed by atoms with E-state index in [2.05, 4.69) is 0 Å². The topological polar surface area (TPSA) is 66.8 Å². The molecule has 1 fully saturated rings. The van der Waals surface area contributed by atoms with Crippen molar-refractivity contribution in [2.24, 2.45) is 5.41 Å². The summed E-state index contributed by atoms with van der Waals surface area (Å²) in [5.41, 5.74) is 0.203. The van der Waals surface area contributed by atoms with E-state index in [1.54, 1.807) is 0 Å². The minimum atomic E-state index is -0.944. The second-order valence-corrected chi connectivity index (χ2v) is 5.00. The van der Waals surface area contributed by atoms with Crippen LogP contribution in [0, 0.1) is 5.41 Å². The van der Waals surface area contributed by atoms with Crippen molar-refractivity contribution in [3.63, 3.8) is 0 Å². The maximum Gasteiger partial charge on any atom is 0.315 e. The van der Waals surface area contributed by atoms with Crippen molar-refractivity contribution in [2.75, 3.05) is 19.7 Å². The van der Waals surface area contributed by atoms with Gasteiger partial charge in [0.2, 0.25) is 0 Å². The average Bonchev–Trinajstić information content (AvgIpc) is 2.32. The van der Waals surface area contributed by atoms with E-state index in [9.17, 15) is 14.7 Å². The summed E-state index contributed by atoms with van der Waals surface area (Å²) < 4.78 is 4.86. The van der Waals surface area contributed by atoms with Crippen LogP contribution < -0.4 is 0 Å². The molecule has 0 spiro atoms. The zero-order valence-corrected chi connectivity index (χ0v) is 10.8. The van der Waals surface area contributed by atoms with E-state index in [1.165, 1.54) is 6.92 Å². The molecule has 0 bridgehead atoms. The molecule has 1 aliphatic rings. The zero-order chi connectivity index (χ0) is 13.9. The first-order chi connectivity index (χ1) is 9.02. The second kappa shape index (κ2) is 5.40. The SMILES string of the molecule is CC(=O)OCC1(C(=O)O)CN(Cc2ccccc2)C1. The average molecular weight is 263 g/mol. The van der Waals surface area contributed by atoms with Gasteiger partial charge in [0.25, 0.3) is 0 Å². The number of nitrogens with zero attached hydrogens (tertiary/aromatic N) is 1. The fraction of sp³-hybridized carbons (Fsp3) is 0.429. The number of carbonyl (C=O) groups is 2. The van der Waals surface area contributed by atoms with Crippen LogP contribution in [0.3, 0.4) is 0 Å². The number of carboxylic acids is 1. The molecule has 0 unspecified atom stereocenters. The van der Waals surface area contributed by atoms with Gasteiger partial charge in [-0.3, -0.25) is 14.5 Å². The zero-order valence-electron chi connectivity index (χ0n) is 10.8. The molecule has 5 heteroatoms. The number of rotatable bonds is 5. The molecule has 1 aromatic rings. The number of benzene rings is 1. The van der Waals surface area contributed by atoms with Gasteiger partial charge < -0.3 is 9.84 Å². The first kappa shape index (κ1) is 13.5. The van der Waals surface area contributed by atoms with Crippen molar-refractivity contribution >= 4 is 11.9 Å². The molecular formula is C14H17NO4. The Bertz CT molecular complexity index is 466. The smallest absolute Gasteiger partial charge is 0.315 e. The number of esters is 1. The van der Waals surface area contributed by atoms with E-state index in [1.807, 2.05) is 35.2 Å². The summed E-state index contributed by atoms with van der Waals surface area (Å²) in [6.45, 7) is 2.77. The van der Waals surface area contributed by atoms with Crippen molar-refractivity contribution in [3.05, 3.63) is 35.9 Å². The predicted octanol–water partition coefficient (Wildman–Crippen LogP) is 1.14. The molecule has 1 aliphatic heterocycles. The molecule has 0 amide bonds. The van der Waals surface area contributed by atoms with Crippen molar-refractivity contribution in [3.8, 4) is 0 Å². The molecule has 1 heterocycles. The highest BCUT2D eigenvalue weighted by atomic mass is 16.5. The van der Waals surface area contributed by atoms with Crippen LogP contribution >= 0.6 is 0 Å². The number of likely N-dealkylation sites (tertiary alicyclic amines) is 1. The fourth-order valence-corrected chi connectivity index (χ4v) is 2.29. The standard InChI is InChI=1S/C14H17NO4/c1-11(16)19-10-14(13(17)18)8-15(9-14)7-12-5-3-2-4-6-12/h2-6H,7-10H2,1H3,(H,17,18). The van der Waals surface area contributed by atoms with Crippen LogP contribution in [0.2, 0.25) is 0 Å². The van der Waals surface area contributed by atoms with E-state index in [-0.39, 0.29) is 6.61 Å². The number of hydrogen-bond donors (Lipinski definition) is 1. The molecule has 1 saturated heterocycles. The highest BCUT2D eigenvalue weighted by molar-refractivity contribution is 5.77. The Hall–Kier alpha value is -1.88. The Morgan fingerprint density at radius 1 is 1.32 bits per heavy atom. The first-order valence-corrected chi connectivity index (χ1v) is 6.15. The highest BCUT2D eigenvalue weighted by Gasteiger charge is 2.50. The van der Waals surface area contributed by atoms with Gasteiger partial charge in [-0.25, -0.2) is 0 Å². The van der Waals surface area contributed by atoms with Crippen molar-refractivity contribution in [2.45, 2.75) is 13.5 Å². The van der Waals surface area contributed by atoms with Crippen LogP contribution in [0.15, 0.2) is 30.3 Å². The predicted molar refractivity (Wildman–Crippen MR) is 68.4 cm³/mol. The Morgan fingerprint density at radius 3 is 2.47 bits per heavy atom. The number of aliphatic carboxylic acids is 1. The number of carbonyl (C=O) groups excluding carboxylic acids is 1. The minimum absolute atomic E-state index is 0.0526. The van der Waals surface area contributed by atoms with Crippen LogP contribution in [0.1, 0.15) is 12.5 Å². The molecular weight excluding hydrogens is 246 g/mol. The van der Waals surface area contributed by atoms with Crippen LogP contribution in [-0.2, 0) is 20.9 Å². The van der Waals surface area contributed by atoms with Gasteiger partial charge >= 0.3 is 11.9 Å². The third kappa shape index (κ3) is 3.12. The molecule has 19 heavy (non-hydrogen) atoms. The monoisotopic (exact) mass is 263 g/mol. The molecule has 5 nitrogen and oxygen atoms in total. The third-order valence-electron chi connectivity index (χ3n) is 3.31. The van der Waals surface area contributed by atoms with Crippen molar-refractivity contribution in [1.29, 1.82) is 0 Å². The van der Waals surface area contributed by atoms with Gasteiger partial charge in [-0.05, 0) is 5.56 Å². The lowest BCUT2D eigenvalue weighted by Gasteiger charge is -2.46. The van der Waals surface area contributed by atoms with Crippen LogP contribution in [0.4, 0.5) is 0 Å². The minimum Gasteiger partial charge on any atom is -0.481 e. The lowest BCUT2D eigenvalue weighted by Crippen LogP contribution is -2.62. The fourth-order valence-electron chi connectivity index (χ4n) is 2.29. The highest BCUT2D eigenvalue weighted by Crippen LogP contribution is 2.32. The van der Waals surface area contributed by atoms with Gasteiger partial charge in [0.1, 0.15) is 12.0 Å². The molecule has 2 rings (SSSR count). The second-order valence-electron chi connectivity index (χ2n) is 5.00. The van der Waals surface area contributed by atoms with E-state index in [4.69, 9.17) is 4.74 Å². The molecule has 0 aromatic heterocycles. The van der Waals surface area contributed by atoms with Gasteiger partial charge in [0, 0.05) is 26.6 Å². The van der Waals surface area contributed by atoms with Gasteiger partial charge in [0.05, 0.1) is 0 Å². The third-order valence-corrected chi connectivity index (χ3v) is 3.31. The molecule has 0 saturated carbocycles. The van der Waals surface area contributed by atoms with Gasteiger partial charge in [0.15, 0.2) is 0 Å². The summed E-state index contributed by atoms with van der Waals surface area (Å²) in [6.07, 6.45) is 0. The summed E-state index contributed by atoms with van der Waals surface area (Å²) >= 11 is 0. The van der Waals surface area contributed by atoms with Crippen LogP contribution in [0.5, 0.6) is 0 Å². The normalized spacial score (nSPS) is 17.5. The largest absolute Gasteiger partial charge is 0.481 e. The maximum absolute atomic E-state index is 11.3. The quantitative estimate of drug-likeness (QED) is 0.807. The lowest BCUT2D eigenvalue weighted by molar-refractivity contribution is -0.172. The summed E-state index contributed by atoms with van der Waals surface area (Å²) in [5, 5.41) is 9.26. The summed E-state index contributed by atoms with van der Waals surface area (Å²) in [4.78, 5) is 24.1. The molecule has 0 aliphatic carbocycles. The van der Waals surface area contributed by atoms with Gasteiger partial charge in [-0.2, -0.15) is 0 Å². The van der Waals surface area contributed by atoms with E-state index >= 15 is 0 Å². The Labute approximate surface area is 111 Å². The van der Waals surface area contributed by atoms with Crippen LogP contribution in [0.25, 0.3) is 0 Å². The maximum atomic E-state index is 11.3. The molecule has 0 atom stereocenters. The summed E-state index contributed by atoms with van der Waals surface area (Å²) in [6, 6.07) is 9.87. The number of ether oxygens (including phenoxy) is 1. The Balaban J connectivity index is 1.90. The molecule has 102 valence electrons. The van der Waals surface area contributed by atoms with E-state index in [0.717, 1.165) is 12.1 Å². The lowest BCUT2D eigenvalue weighted by atomic mass is 9.80. The Morgan fingerprint density at radius 2 is 1.95 bits per heavy atom. The number of hydrogen-bond acceptors (Lipinski definition) is 4. The summed E-state index contributed by atoms with van der Waals surface area (Å²) in [7, 11) is 0. The van der Waals surface area contributed by atoms with Crippen LogP contribution in [-0.4, -0.2) is 41.6 Å². The van der Waals surface area contributed by atoms with Gasteiger partial charge in [-0.15, -0.1) is 0 Å². The van der Waals surface area contributed by atoms with E-state index < -0.39 is 17.4 Å². The van der Waals surface area contributed by atoms with Crippen molar-refractivity contribution < 1.29 is 19.4 Å². The number of carboxylic acid groups (broad SMARTS) is 1. The first-order valence-electron chi connectivity index (χ1n) is 6.15.